The molecule has 5 nitrogen and oxygen atoms in total. The van der Waals surface area contributed by atoms with Gasteiger partial charge in [0.2, 0.25) is 5.91 Å². The zero-order valence-electron chi connectivity index (χ0n) is 12.3. The summed E-state index contributed by atoms with van der Waals surface area (Å²) in [6.07, 6.45) is 0.276. The first-order valence-electron chi connectivity index (χ1n) is 6.89. The number of amides is 2. The van der Waals surface area contributed by atoms with Crippen molar-refractivity contribution in [3.05, 3.63) is 65.7 Å². The first-order valence-corrected chi connectivity index (χ1v) is 6.89. The van der Waals surface area contributed by atoms with E-state index in [0.717, 1.165) is 5.56 Å². The van der Waals surface area contributed by atoms with Gasteiger partial charge in [0, 0.05) is 12.0 Å². The van der Waals surface area contributed by atoms with Gasteiger partial charge in [-0.3, -0.25) is 9.59 Å². The number of carbonyl (C=O) groups is 2. The minimum Gasteiger partial charge on any atom is -0.496 e. The van der Waals surface area contributed by atoms with Gasteiger partial charge in [-0.2, -0.15) is 0 Å². The first kappa shape index (κ1) is 15.6. The first-order chi connectivity index (χ1) is 10.6. The number of primary amides is 1. The number of benzene rings is 2. The normalized spacial score (nSPS) is 11.5. The van der Waals surface area contributed by atoms with Gasteiger partial charge in [-0.05, 0) is 23.8 Å². The van der Waals surface area contributed by atoms with Crippen LogP contribution in [0, 0.1) is 0 Å². The number of ether oxygens (including phenoxy) is 1. The molecule has 2 aromatic carbocycles. The van der Waals surface area contributed by atoms with Crippen molar-refractivity contribution in [2.24, 2.45) is 5.73 Å². The lowest BCUT2D eigenvalue weighted by molar-refractivity contribution is -0.119. The van der Waals surface area contributed by atoms with Gasteiger partial charge in [0.1, 0.15) is 11.8 Å². The van der Waals surface area contributed by atoms with Crippen molar-refractivity contribution in [3.8, 4) is 5.75 Å². The van der Waals surface area contributed by atoms with E-state index in [4.69, 9.17) is 10.5 Å². The number of carbonyl (C=O) groups excluding carboxylic acids is 2. The lowest BCUT2D eigenvalue weighted by Gasteiger charge is -2.17. The minimum atomic E-state index is -0.802. The van der Waals surface area contributed by atoms with Gasteiger partial charge in [0.15, 0.2) is 0 Å². The van der Waals surface area contributed by atoms with Crippen LogP contribution in [-0.4, -0.2) is 25.0 Å². The molecule has 2 amide bonds. The van der Waals surface area contributed by atoms with E-state index >= 15 is 0 Å². The molecule has 2 rings (SSSR count). The van der Waals surface area contributed by atoms with E-state index in [1.807, 2.05) is 24.3 Å². The summed E-state index contributed by atoms with van der Waals surface area (Å²) in [5.74, 6) is -0.266. The third-order valence-corrected chi connectivity index (χ3v) is 3.30. The molecule has 0 aliphatic rings. The van der Waals surface area contributed by atoms with Gasteiger partial charge < -0.3 is 15.8 Å². The van der Waals surface area contributed by atoms with E-state index in [1.54, 1.807) is 37.4 Å². The highest BCUT2D eigenvalue weighted by molar-refractivity contribution is 5.97. The largest absolute Gasteiger partial charge is 0.496 e. The molecule has 0 bridgehead atoms. The molecule has 0 aliphatic heterocycles. The number of hydrogen-bond donors (Lipinski definition) is 2. The average molecular weight is 298 g/mol. The maximum absolute atomic E-state index is 12.2. The fraction of sp³-hybridized carbons (Fsp3) is 0.176. The highest BCUT2D eigenvalue weighted by Crippen LogP contribution is 2.19. The Morgan fingerprint density at radius 3 is 2.36 bits per heavy atom. The lowest BCUT2D eigenvalue weighted by Crippen LogP contribution is -2.45. The Balaban J connectivity index is 2.14. The summed E-state index contributed by atoms with van der Waals surface area (Å²) in [7, 11) is 1.56. The van der Waals surface area contributed by atoms with Crippen LogP contribution in [0.15, 0.2) is 54.6 Å². The van der Waals surface area contributed by atoms with Gasteiger partial charge in [0.25, 0.3) is 5.91 Å². The number of nitrogens with one attached hydrogen (secondary N) is 1. The maximum Gasteiger partial charge on any atom is 0.251 e. The van der Waals surface area contributed by atoms with Crippen molar-refractivity contribution in [3.63, 3.8) is 0 Å². The third kappa shape index (κ3) is 3.85. The lowest BCUT2D eigenvalue weighted by atomic mass is 10.0. The SMILES string of the molecule is COc1ccccc1C[C@H](NC(=O)c1ccccc1)C(N)=O. The highest BCUT2D eigenvalue weighted by atomic mass is 16.5. The fourth-order valence-corrected chi connectivity index (χ4v) is 2.15. The quantitative estimate of drug-likeness (QED) is 0.848. The summed E-state index contributed by atoms with van der Waals surface area (Å²) in [4.78, 5) is 23.8. The molecule has 0 aromatic heterocycles. The van der Waals surface area contributed by atoms with Crippen LogP contribution in [-0.2, 0) is 11.2 Å². The summed E-state index contributed by atoms with van der Waals surface area (Å²) in [5, 5.41) is 2.66. The molecule has 0 spiro atoms. The fourth-order valence-electron chi connectivity index (χ4n) is 2.15. The van der Waals surface area contributed by atoms with Crippen molar-refractivity contribution < 1.29 is 14.3 Å². The monoisotopic (exact) mass is 298 g/mol. The van der Waals surface area contributed by atoms with E-state index in [9.17, 15) is 9.59 Å². The van der Waals surface area contributed by atoms with E-state index in [0.29, 0.717) is 11.3 Å². The van der Waals surface area contributed by atoms with Crippen LogP contribution in [0.25, 0.3) is 0 Å². The summed E-state index contributed by atoms with van der Waals surface area (Å²) < 4.78 is 5.25. The maximum atomic E-state index is 12.2. The van der Waals surface area contributed by atoms with E-state index in [-0.39, 0.29) is 12.3 Å². The molecule has 0 saturated carbocycles. The molecule has 1 atom stereocenters. The number of methoxy groups -OCH3 is 1. The molecule has 22 heavy (non-hydrogen) atoms. The molecule has 0 fully saturated rings. The summed E-state index contributed by atoms with van der Waals surface area (Å²) in [6, 6.07) is 15.2. The molecule has 2 aromatic rings. The van der Waals surface area contributed by atoms with Crippen molar-refractivity contribution >= 4 is 11.8 Å². The topological polar surface area (TPSA) is 81.4 Å². The van der Waals surface area contributed by atoms with Gasteiger partial charge in [-0.15, -0.1) is 0 Å². The Morgan fingerprint density at radius 1 is 1.09 bits per heavy atom. The second-order valence-electron chi connectivity index (χ2n) is 4.81. The Kier molecular flexibility index (Phi) is 5.14. The predicted octanol–water partition coefficient (Wildman–Crippen LogP) is 1.52. The van der Waals surface area contributed by atoms with Gasteiger partial charge >= 0.3 is 0 Å². The zero-order valence-corrected chi connectivity index (χ0v) is 12.3. The number of para-hydroxylation sites is 1. The Hall–Kier alpha value is -2.82. The van der Waals surface area contributed by atoms with Crippen molar-refractivity contribution in [2.45, 2.75) is 12.5 Å². The van der Waals surface area contributed by atoms with Crippen molar-refractivity contribution in [2.75, 3.05) is 7.11 Å². The second-order valence-corrected chi connectivity index (χ2v) is 4.81. The minimum absolute atomic E-state index is 0.276. The van der Waals surface area contributed by atoms with Crippen molar-refractivity contribution in [1.29, 1.82) is 0 Å². The molecule has 0 aliphatic carbocycles. The smallest absolute Gasteiger partial charge is 0.251 e. The Morgan fingerprint density at radius 2 is 1.73 bits per heavy atom. The molecule has 3 N–H and O–H groups in total. The average Bonchev–Trinajstić information content (AvgIpc) is 2.55. The van der Waals surface area contributed by atoms with Crippen LogP contribution in [0.5, 0.6) is 5.75 Å². The number of nitrogens with two attached hydrogens (primary N) is 1. The Bertz CT molecular complexity index is 656. The second kappa shape index (κ2) is 7.26. The van der Waals surface area contributed by atoms with Crippen LogP contribution in [0.2, 0.25) is 0 Å². The third-order valence-electron chi connectivity index (χ3n) is 3.30. The molecule has 0 heterocycles. The standard InChI is InChI=1S/C17H18N2O3/c1-22-15-10-6-5-9-13(15)11-14(16(18)20)19-17(21)12-7-3-2-4-8-12/h2-10,14H,11H2,1H3,(H2,18,20)(H,19,21)/t14-/m0/s1. The molecule has 114 valence electrons. The van der Waals surface area contributed by atoms with Crippen LogP contribution < -0.4 is 15.8 Å². The molecule has 0 unspecified atom stereocenters. The van der Waals surface area contributed by atoms with Crippen molar-refractivity contribution in [1.82, 2.24) is 5.32 Å². The molecule has 0 radical (unpaired) electrons. The summed E-state index contributed by atoms with van der Waals surface area (Å²) in [6.45, 7) is 0. The van der Waals surface area contributed by atoms with E-state index in [1.165, 1.54) is 0 Å². The van der Waals surface area contributed by atoms with Crippen LogP contribution in [0.3, 0.4) is 0 Å². The van der Waals surface area contributed by atoms with Crippen LogP contribution in [0.1, 0.15) is 15.9 Å². The van der Waals surface area contributed by atoms with Crippen LogP contribution >= 0.6 is 0 Å². The van der Waals surface area contributed by atoms with Gasteiger partial charge in [0.05, 0.1) is 7.11 Å². The summed E-state index contributed by atoms with van der Waals surface area (Å²) in [5.41, 5.74) is 6.70. The summed E-state index contributed by atoms with van der Waals surface area (Å²) >= 11 is 0. The zero-order chi connectivity index (χ0) is 15.9. The number of hydrogen-bond acceptors (Lipinski definition) is 3. The number of rotatable bonds is 6. The molecular formula is C17H18N2O3. The Labute approximate surface area is 129 Å². The van der Waals surface area contributed by atoms with Crippen LogP contribution in [0.4, 0.5) is 0 Å². The van der Waals surface area contributed by atoms with Gasteiger partial charge in [-0.1, -0.05) is 36.4 Å². The molecule has 0 saturated heterocycles. The van der Waals surface area contributed by atoms with E-state index < -0.39 is 11.9 Å². The highest BCUT2D eigenvalue weighted by Gasteiger charge is 2.20. The van der Waals surface area contributed by atoms with E-state index in [2.05, 4.69) is 5.32 Å². The van der Waals surface area contributed by atoms with Gasteiger partial charge in [-0.25, -0.2) is 0 Å². The predicted molar refractivity (Wildman–Crippen MR) is 83.6 cm³/mol. The molecular weight excluding hydrogens is 280 g/mol. The molecule has 5 heteroatoms.